The molecule has 0 spiro atoms. The Morgan fingerprint density at radius 2 is 1.71 bits per heavy atom. The van der Waals surface area contributed by atoms with Gasteiger partial charge in [0.1, 0.15) is 36.2 Å². The molecule has 4 aromatic rings. The molecule has 0 saturated carbocycles. The molecular formula is C25H21N3O3. The Kier molecular flexibility index (Phi) is 6.24. The Hall–Kier alpha value is -4.11. The van der Waals surface area contributed by atoms with Crippen molar-refractivity contribution >= 4 is 0 Å². The smallest absolute Gasteiger partial charge is 0.226 e. The van der Waals surface area contributed by atoms with Gasteiger partial charge in [0.25, 0.3) is 0 Å². The molecule has 2 heterocycles. The zero-order valence-corrected chi connectivity index (χ0v) is 17.1. The maximum absolute atomic E-state index is 8.82. The molecule has 2 aromatic heterocycles. The number of aryl methyl sites for hydroxylation is 1. The fourth-order valence-corrected chi connectivity index (χ4v) is 3.04. The summed E-state index contributed by atoms with van der Waals surface area (Å²) in [4.78, 5) is 8.68. The third-order valence-corrected chi connectivity index (χ3v) is 4.65. The highest BCUT2D eigenvalue weighted by Crippen LogP contribution is 2.23. The second-order valence-corrected chi connectivity index (χ2v) is 6.98. The molecule has 0 fully saturated rings. The fourth-order valence-electron chi connectivity index (χ4n) is 3.04. The molecule has 0 N–H and O–H groups in total. The Balaban J connectivity index is 1.38. The van der Waals surface area contributed by atoms with Gasteiger partial charge in [-0.1, -0.05) is 30.3 Å². The van der Waals surface area contributed by atoms with Crippen LogP contribution in [0.1, 0.15) is 22.6 Å². The van der Waals surface area contributed by atoms with Crippen molar-refractivity contribution in [1.29, 1.82) is 5.26 Å². The van der Waals surface area contributed by atoms with Crippen LogP contribution in [0.25, 0.3) is 11.5 Å². The summed E-state index contributed by atoms with van der Waals surface area (Å²) in [7, 11) is 0. The Bertz CT molecular complexity index is 1200. The minimum atomic E-state index is 0.307. The van der Waals surface area contributed by atoms with Gasteiger partial charge >= 0.3 is 0 Å². The second-order valence-electron chi connectivity index (χ2n) is 6.98. The first-order valence-electron chi connectivity index (χ1n) is 9.88. The van der Waals surface area contributed by atoms with Crippen LogP contribution in [0.3, 0.4) is 0 Å². The molecule has 0 amide bonds. The number of benzene rings is 2. The van der Waals surface area contributed by atoms with Crippen molar-refractivity contribution in [2.24, 2.45) is 0 Å². The lowest BCUT2D eigenvalue weighted by molar-refractivity contribution is 0.291. The highest BCUT2D eigenvalue weighted by Gasteiger charge is 2.12. The summed E-state index contributed by atoms with van der Waals surface area (Å²) in [6.07, 6.45) is 3.61. The molecule has 4 rings (SSSR count). The van der Waals surface area contributed by atoms with E-state index in [1.165, 1.54) is 0 Å². The fraction of sp³-hybridized carbons (Fsp3) is 0.160. The molecule has 0 unspecified atom stereocenters. The van der Waals surface area contributed by atoms with E-state index in [1.807, 2.05) is 67.6 Å². The quantitative estimate of drug-likeness (QED) is 0.393. The number of oxazole rings is 1. The topological polar surface area (TPSA) is 81.2 Å². The van der Waals surface area contributed by atoms with Gasteiger partial charge in [0.05, 0.1) is 18.7 Å². The largest absolute Gasteiger partial charge is 0.487 e. The van der Waals surface area contributed by atoms with Gasteiger partial charge in [-0.25, -0.2) is 4.98 Å². The SMILES string of the molecule is Cc1oc(-c2ccccc2)nc1COc1cccc(COc2cncc(CC#N)c2)c1. The third-order valence-electron chi connectivity index (χ3n) is 4.65. The lowest BCUT2D eigenvalue weighted by Crippen LogP contribution is -2.00. The summed E-state index contributed by atoms with van der Waals surface area (Å²) in [6.45, 7) is 2.57. The van der Waals surface area contributed by atoms with E-state index in [-0.39, 0.29) is 0 Å². The first-order valence-corrected chi connectivity index (χ1v) is 9.88. The van der Waals surface area contributed by atoms with Gasteiger partial charge in [-0.3, -0.25) is 4.98 Å². The summed E-state index contributed by atoms with van der Waals surface area (Å²) in [5, 5.41) is 8.82. The van der Waals surface area contributed by atoms with E-state index in [1.54, 1.807) is 12.4 Å². The van der Waals surface area contributed by atoms with Crippen LogP contribution < -0.4 is 9.47 Å². The molecule has 0 aliphatic carbocycles. The van der Waals surface area contributed by atoms with Gasteiger partial charge in [-0.05, 0) is 48.4 Å². The van der Waals surface area contributed by atoms with Crippen LogP contribution in [0.15, 0.2) is 77.5 Å². The van der Waals surface area contributed by atoms with Crippen molar-refractivity contribution in [2.75, 3.05) is 0 Å². The second kappa shape index (κ2) is 9.59. The van der Waals surface area contributed by atoms with E-state index in [9.17, 15) is 0 Å². The Labute approximate surface area is 180 Å². The molecule has 2 aromatic carbocycles. The molecule has 0 saturated heterocycles. The number of nitrogens with zero attached hydrogens (tertiary/aromatic N) is 3. The van der Waals surface area contributed by atoms with Crippen LogP contribution in [0.2, 0.25) is 0 Å². The van der Waals surface area contributed by atoms with Gasteiger partial charge in [-0.2, -0.15) is 5.26 Å². The molecule has 6 heteroatoms. The lowest BCUT2D eigenvalue weighted by Gasteiger charge is -2.09. The average Bonchev–Trinajstić information content (AvgIpc) is 3.18. The van der Waals surface area contributed by atoms with E-state index in [2.05, 4.69) is 16.0 Å². The van der Waals surface area contributed by atoms with Crippen molar-refractivity contribution in [3.8, 4) is 29.0 Å². The van der Waals surface area contributed by atoms with Crippen LogP contribution in [-0.2, 0) is 19.6 Å². The number of ether oxygens (including phenoxy) is 2. The number of pyridine rings is 1. The van der Waals surface area contributed by atoms with Gasteiger partial charge < -0.3 is 13.9 Å². The Morgan fingerprint density at radius 3 is 2.55 bits per heavy atom. The number of nitriles is 1. The highest BCUT2D eigenvalue weighted by molar-refractivity contribution is 5.53. The highest BCUT2D eigenvalue weighted by atomic mass is 16.5. The number of aromatic nitrogens is 2. The summed E-state index contributed by atoms with van der Waals surface area (Å²) in [5.74, 6) is 2.68. The van der Waals surface area contributed by atoms with Crippen molar-refractivity contribution < 1.29 is 13.9 Å². The molecule has 0 aliphatic heterocycles. The van der Waals surface area contributed by atoms with Crippen LogP contribution in [0, 0.1) is 18.3 Å². The van der Waals surface area contributed by atoms with E-state index in [4.69, 9.17) is 19.2 Å². The first kappa shape index (κ1) is 20.2. The maximum atomic E-state index is 8.82. The third kappa shape index (κ3) is 5.28. The summed E-state index contributed by atoms with van der Waals surface area (Å²) < 4.78 is 17.5. The van der Waals surface area contributed by atoms with E-state index < -0.39 is 0 Å². The number of hydrogen-bond acceptors (Lipinski definition) is 6. The zero-order valence-electron chi connectivity index (χ0n) is 17.1. The van der Waals surface area contributed by atoms with Gasteiger partial charge in [0.2, 0.25) is 5.89 Å². The summed E-state index contributed by atoms with van der Waals surface area (Å²) >= 11 is 0. The van der Waals surface area contributed by atoms with Crippen molar-refractivity contribution in [3.63, 3.8) is 0 Å². The average molecular weight is 411 g/mol. The van der Waals surface area contributed by atoms with Crippen molar-refractivity contribution in [2.45, 2.75) is 26.6 Å². The molecule has 6 nitrogen and oxygen atoms in total. The normalized spacial score (nSPS) is 10.5. The Morgan fingerprint density at radius 1 is 0.903 bits per heavy atom. The van der Waals surface area contributed by atoms with Crippen LogP contribution >= 0.6 is 0 Å². The standard InChI is InChI=1S/C25H21N3O3/c1-18-24(28-25(31-18)21-7-3-2-4-8-21)17-30-22-9-5-6-20(13-22)16-29-23-12-19(10-11-26)14-27-15-23/h2-9,12-15H,10,16-17H2,1H3. The molecule has 154 valence electrons. The minimum Gasteiger partial charge on any atom is -0.487 e. The van der Waals surface area contributed by atoms with Gasteiger partial charge in [-0.15, -0.1) is 0 Å². The van der Waals surface area contributed by atoms with Crippen molar-refractivity contribution in [3.05, 3.63) is 95.6 Å². The number of rotatable bonds is 8. The minimum absolute atomic E-state index is 0.307. The first-order chi connectivity index (χ1) is 15.2. The van der Waals surface area contributed by atoms with E-state index in [0.29, 0.717) is 31.3 Å². The van der Waals surface area contributed by atoms with Gasteiger partial charge in [0.15, 0.2) is 0 Å². The predicted octanol–water partition coefficient (Wildman–Crippen LogP) is 5.27. The molecule has 0 radical (unpaired) electrons. The van der Waals surface area contributed by atoms with E-state index in [0.717, 1.165) is 33.9 Å². The molecule has 0 bridgehead atoms. The monoisotopic (exact) mass is 411 g/mol. The van der Waals surface area contributed by atoms with E-state index >= 15 is 0 Å². The van der Waals surface area contributed by atoms with Crippen LogP contribution in [0.5, 0.6) is 11.5 Å². The van der Waals surface area contributed by atoms with Crippen molar-refractivity contribution in [1.82, 2.24) is 9.97 Å². The number of hydrogen-bond donors (Lipinski definition) is 0. The molecule has 0 aliphatic rings. The van der Waals surface area contributed by atoms with Crippen LogP contribution in [-0.4, -0.2) is 9.97 Å². The maximum Gasteiger partial charge on any atom is 0.226 e. The summed E-state index contributed by atoms with van der Waals surface area (Å²) in [5.41, 5.74) is 3.49. The lowest BCUT2D eigenvalue weighted by atomic mass is 10.2. The van der Waals surface area contributed by atoms with Crippen LogP contribution in [0.4, 0.5) is 0 Å². The zero-order chi connectivity index (χ0) is 21.5. The predicted molar refractivity (Wildman–Crippen MR) is 115 cm³/mol. The van der Waals surface area contributed by atoms with Gasteiger partial charge in [0, 0.05) is 11.8 Å². The molecule has 31 heavy (non-hydrogen) atoms. The molecular weight excluding hydrogens is 390 g/mol. The molecule has 0 atom stereocenters. The summed E-state index contributed by atoms with van der Waals surface area (Å²) in [6, 6.07) is 21.4.